The van der Waals surface area contributed by atoms with Crippen molar-refractivity contribution < 1.29 is 9.59 Å². The average molecular weight is 321 g/mol. The van der Waals surface area contributed by atoms with Crippen LogP contribution in [0.15, 0.2) is 6.07 Å². The van der Waals surface area contributed by atoms with Gasteiger partial charge in [0, 0.05) is 31.1 Å². The molecule has 1 saturated heterocycles. The van der Waals surface area contributed by atoms with Crippen LogP contribution in [0.2, 0.25) is 0 Å². The highest BCUT2D eigenvalue weighted by Gasteiger charge is 2.30. The highest BCUT2D eigenvalue weighted by atomic mass is 32.1. The summed E-state index contributed by atoms with van der Waals surface area (Å²) in [5.74, 6) is 0.0170. The third kappa shape index (κ3) is 3.17. The number of nitrogens with one attached hydrogen (secondary N) is 1. The summed E-state index contributed by atoms with van der Waals surface area (Å²) in [4.78, 5) is 28.8. The third-order valence-electron chi connectivity index (χ3n) is 4.48. The number of fused-ring (bicyclic) bond motifs is 1. The van der Waals surface area contributed by atoms with E-state index >= 15 is 0 Å². The molecule has 1 unspecified atom stereocenters. The van der Waals surface area contributed by atoms with Crippen LogP contribution in [0.25, 0.3) is 0 Å². The number of amides is 2. The van der Waals surface area contributed by atoms with Crippen LogP contribution in [0.4, 0.5) is 0 Å². The Labute approximate surface area is 134 Å². The Bertz CT molecular complexity index is 548. The summed E-state index contributed by atoms with van der Waals surface area (Å²) in [6.45, 7) is 2.22. The smallest absolute Gasteiger partial charge is 0.263 e. The molecule has 6 heteroatoms. The molecule has 3 rings (SSSR count). The number of carbonyl (C=O) groups excluding carboxylic acids is 2. The maximum absolute atomic E-state index is 12.7. The van der Waals surface area contributed by atoms with Gasteiger partial charge in [0.15, 0.2) is 0 Å². The van der Waals surface area contributed by atoms with Gasteiger partial charge < -0.3 is 16.0 Å². The minimum atomic E-state index is -0.101. The number of aryl methyl sites for hydroxylation is 2. The van der Waals surface area contributed by atoms with E-state index in [-0.39, 0.29) is 17.7 Å². The minimum Gasteiger partial charge on any atom is -0.355 e. The fourth-order valence-electron chi connectivity index (χ4n) is 3.31. The zero-order chi connectivity index (χ0) is 15.5. The number of nitrogens with two attached hydrogens (primary N) is 1. The van der Waals surface area contributed by atoms with E-state index in [0.29, 0.717) is 19.6 Å². The number of piperidine rings is 1. The van der Waals surface area contributed by atoms with Gasteiger partial charge in [-0.3, -0.25) is 9.59 Å². The fourth-order valence-corrected chi connectivity index (χ4v) is 4.53. The summed E-state index contributed by atoms with van der Waals surface area (Å²) >= 11 is 1.64. The molecule has 0 spiro atoms. The van der Waals surface area contributed by atoms with E-state index in [9.17, 15) is 9.59 Å². The quantitative estimate of drug-likeness (QED) is 0.874. The molecule has 1 aromatic rings. The summed E-state index contributed by atoms with van der Waals surface area (Å²) in [7, 11) is 0. The molecule has 0 saturated carbocycles. The van der Waals surface area contributed by atoms with Crippen LogP contribution in [0.1, 0.15) is 39.4 Å². The molecule has 22 heavy (non-hydrogen) atoms. The first kappa shape index (κ1) is 15.5. The SMILES string of the molecule is NCCNC(=O)C1CCCN(C(=O)c2cc3c(s2)CCC3)C1. The summed E-state index contributed by atoms with van der Waals surface area (Å²) in [6.07, 6.45) is 5.15. The van der Waals surface area contributed by atoms with E-state index in [0.717, 1.165) is 37.1 Å². The molecule has 0 radical (unpaired) electrons. The normalized spacial score (nSPS) is 20.8. The Hall–Kier alpha value is -1.40. The molecule has 1 atom stereocenters. The second-order valence-electron chi connectivity index (χ2n) is 6.08. The first-order chi connectivity index (χ1) is 10.7. The molecule has 0 aromatic carbocycles. The predicted molar refractivity (Wildman–Crippen MR) is 87.0 cm³/mol. The molecule has 1 aromatic heterocycles. The van der Waals surface area contributed by atoms with E-state index in [4.69, 9.17) is 5.73 Å². The molecule has 2 amide bonds. The second kappa shape index (κ2) is 6.79. The topological polar surface area (TPSA) is 75.4 Å². The number of carbonyl (C=O) groups is 2. The summed E-state index contributed by atoms with van der Waals surface area (Å²) in [6, 6.07) is 2.06. The van der Waals surface area contributed by atoms with Crippen LogP contribution >= 0.6 is 11.3 Å². The predicted octanol–water partition coefficient (Wildman–Crippen LogP) is 1.16. The van der Waals surface area contributed by atoms with E-state index in [1.165, 1.54) is 16.9 Å². The zero-order valence-electron chi connectivity index (χ0n) is 12.8. The Morgan fingerprint density at radius 3 is 3.00 bits per heavy atom. The third-order valence-corrected chi connectivity index (χ3v) is 5.71. The Morgan fingerprint density at radius 1 is 1.36 bits per heavy atom. The monoisotopic (exact) mass is 321 g/mol. The Morgan fingerprint density at radius 2 is 2.23 bits per heavy atom. The lowest BCUT2D eigenvalue weighted by molar-refractivity contribution is -0.126. The first-order valence-electron chi connectivity index (χ1n) is 8.07. The van der Waals surface area contributed by atoms with Crippen molar-refractivity contribution in [1.29, 1.82) is 0 Å². The van der Waals surface area contributed by atoms with Crippen molar-refractivity contribution in [2.45, 2.75) is 32.1 Å². The summed E-state index contributed by atoms with van der Waals surface area (Å²) in [5, 5.41) is 2.83. The Kier molecular flexibility index (Phi) is 4.78. The number of likely N-dealkylation sites (tertiary alicyclic amines) is 1. The van der Waals surface area contributed by atoms with Crippen LogP contribution in [-0.2, 0) is 17.6 Å². The van der Waals surface area contributed by atoms with Gasteiger partial charge in [-0.1, -0.05) is 0 Å². The number of rotatable bonds is 4. The molecule has 1 fully saturated rings. The maximum Gasteiger partial charge on any atom is 0.263 e. The second-order valence-corrected chi connectivity index (χ2v) is 7.22. The first-order valence-corrected chi connectivity index (χ1v) is 8.89. The standard InChI is InChI=1S/C16H23N3O2S/c17-6-7-18-15(20)12-4-2-8-19(10-12)16(21)14-9-11-3-1-5-13(11)22-14/h9,12H,1-8,10,17H2,(H,18,20). The van der Waals surface area contributed by atoms with Crippen LogP contribution < -0.4 is 11.1 Å². The van der Waals surface area contributed by atoms with Crippen molar-refractivity contribution in [2.24, 2.45) is 11.7 Å². The number of hydrogen-bond donors (Lipinski definition) is 2. The minimum absolute atomic E-state index is 0.0247. The molecule has 1 aliphatic carbocycles. The van der Waals surface area contributed by atoms with Crippen molar-refractivity contribution in [1.82, 2.24) is 10.2 Å². The van der Waals surface area contributed by atoms with Gasteiger partial charge >= 0.3 is 0 Å². The van der Waals surface area contributed by atoms with Crippen molar-refractivity contribution in [3.8, 4) is 0 Å². The van der Waals surface area contributed by atoms with Crippen molar-refractivity contribution in [3.05, 3.63) is 21.4 Å². The number of hydrogen-bond acceptors (Lipinski definition) is 4. The van der Waals surface area contributed by atoms with Gasteiger partial charge in [0.1, 0.15) is 0 Å². The highest BCUT2D eigenvalue weighted by Crippen LogP contribution is 2.32. The van der Waals surface area contributed by atoms with Gasteiger partial charge in [-0.05, 0) is 43.7 Å². The average Bonchev–Trinajstić information content (AvgIpc) is 3.13. The zero-order valence-corrected chi connectivity index (χ0v) is 13.6. The molecule has 3 N–H and O–H groups in total. The lowest BCUT2D eigenvalue weighted by Crippen LogP contribution is -2.46. The van der Waals surface area contributed by atoms with Crippen LogP contribution in [0.5, 0.6) is 0 Å². The van der Waals surface area contributed by atoms with Crippen molar-refractivity contribution in [2.75, 3.05) is 26.2 Å². The van der Waals surface area contributed by atoms with Crippen LogP contribution in [0.3, 0.4) is 0 Å². The summed E-state index contributed by atoms with van der Waals surface area (Å²) in [5.41, 5.74) is 6.76. The lowest BCUT2D eigenvalue weighted by Gasteiger charge is -2.31. The highest BCUT2D eigenvalue weighted by molar-refractivity contribution is 7.14. The van der Waals surface area contributed by atoms with Crippen molar-refractivity contribution >= 4 is 23.2 Å². The van der Waals surface area contributed by atoms with Gasteiger partial charge in [-0.2, -0.15) is 0 Å². The van der Waals surface area contributed by atoms with E-state index < -0.39 is 0 Å². The number of thiophene rings is 1. The van der Waals surface area contributed by atoms with Gasteiger partial charge in [-0.25, -0.2) is 0 Å². The molecule has 0 bridgehead atoms. The molecule has 2 aliphatic rings. The summed E-state index contributed by atoms with van der Waals surface area (Å²) < 4.78 is 0. The van der Waals surface area contributed by atoms with Gasteiger partial charge in [0.05, 0.1) is 10.8 Å². The molecule has 1 aliphatic heterocycles. The molecule has 5 nitrogen and oxygen atoms in total. The number of nitrogens with zero attached hydrogens (tertiary/aromatic N) is 1. The van der Waals surface area contributed by atoms with E-state index in [1.807, 2.05) is 4.90 Å². The van der Waals surface area contributed by atoms with Crippen molar-refractivity contribution in [3.63, 3.8) is 0 Å². The lowest BCUT2D eigenvalue weighted by atomic mass is 9.97. The fraction of sp³-hybridized carbons (Fsp3) is 0.625. The van der Waals surface area contributed by atoms with Crippen LogP contribution in [0, 0.1) is 5.92 Å². The molecular weight excluding hydrogens is 298 g/mol. The van der Waals surface area contributed by atoms with E-state index in [1.54, 1.807) is 11.3 Å². The van der Waals surface area contributed by atoms with E-state index in [2.05, 4.69) is 11.4 Å². The van der Waals surface area contributed by atoms with Gasteiger partial charge in [0.2, 0.25) is 5.91 Å². The Balaban J connectivity index is 1.63. The van der Waals surface area contributed by atoms with Gasteiger partial charge in [0.25, 0.3) is 5.91 Å². The molecular formula is C16H23N3O2S. The molecule has 2 heterocycles. The van der Waals surface area contributed by atoms with Gasteiger partial charge in [-0.15, -0.1) is 11.3 Å². The maximum atomic E-state index is 12.7. The van der Waals surface area contributed by atoms with Crippen LogP contribution in [-0.4, -0.2) is 42.9 Å². The molecule has 120 valence electrons. The largest absolute Gasteiger partial charge is 0.355 e.